The van der Waals surface area contributed by atoms with Gasteiger partial charge < -0.3 is 15.0 Å². The first-order valence-corrected chi connectivity index (χ1v) is 16.3. The van der Waals surface area contributed by atoms with Crippen molar-refractivity contribution in [1.82, 2.24) is 5.32 Å². The molecule has 0 saturated carbocycles. The quantitative estimate of drug-likeness (QED) is 0.252. The number of para-hydroxylation sites is 1. The van der Waals surface area contributed by atoms with Gasteiger partial charge in [-0.15, -0.1) is 11.8 Å². The number of carbonyl (C=O) groups is 2. The number of hydrogen-bond donors (Lipinski definition) is 1. The first-order chi connectivity index (χ1) is 18.4. The number of thioether (sulfide) groups is 1. The van der Waals surface area contributed by atoms with Crippen LogP contribution in [-0.2, 0) is 21.2 Å². The molecule has 10 heteroatoms. The molecule has 0 fully saturated rings. The number of amides is 2. The molecule has 0 saturated heterocycles. The molecular weight excluding hydrogens is 534 g/mol. The summed E-state index contributed by atoms with van der Waals surface area (Å²) < 4.78 is 30.6. The maximum atomic E-state index is 13.4. The van der Waals surface area contributed by atoms with Crippen LogP contribution in [0.15, 0.2) is 47.4 Å². The third-order valence-corrected chi connectivity index (χ3v) is 8.69. The maximum absolute atomic E-state index is 13.4. The summed E-state index contributed by atoms with van der Waals surface area (Å²) in [7, 11) is -2.02. The average Bonchev–Trinajstić information content (AvgIpc) is 3.28. The van der Waals surface area contributed by atoms with E-state index in [9.17, 15) is 18.0 Å². The lowest BCUT2D eigenvalue weighted by Crippen LogP contribution is -2.32. The molecule has 0 aromatic heterocycles. The van der Waals surface area contributed by atoms with Gasteiger partial charge >= 0.3 is 6.09 Å². The molecule has 8 nitrogen and oxygen atoms in total. The predicted molar refractivity (Wildman–Crippen MR) is 160 cm³/mol. The number of unbranched alkanes of at least 4 members (excludes halogenated alkanes) is 4. The zero-order valence-corrected chi connectivity index (χ0v) is 25.3. The molecule has 0 atom stereocenters. The second-order valence-electron chi connectivity index (χ2n) is 10.8. The smallest absolute Gasteiger partial charge is 0.407 e. The highest BCUT2D eigenvalue weighted by Crippen LogP contribution is 2.34. The van der Waals surface area contributed by atoms with Gasteiger partial charge in [-0.05, 0) is 81.7 Å². The van der Waals surface area contributed by atoms with E-state index >= 15 is 0 Å². The van der Waals surface area contributed by atoms with Gasteiger partial charge in [-0.25, -0.2) is 13.2 Å². The SMILES string of the molecule is CN(c1ccccc1C(=O)N1CCc2cc(SCCCCCCCNC(=O)OC(C)(C)C)ccc21)S(C)(=O)=O. The summed E-state index contributed by atoms with van der Waals surface area (Å²) in [6.45, 7) is 6.78. The highest BCUT2D eigenvalue weighted by atomic mass is 32.2. The van der Waals surface area contributed by atoms with E-state index in [1.807, 2.05) is 38.6 Å². The molecule has 1 N–H and O–H groups in total. The van der Waals surface area contributed by atoms with E-state index in [1.54, 1.807) is 29.2 Å². The summed E-state index contributed by atoms with van der Waals surface area (Å²) in [5.74, 6) is 0.838. The van der Waals surface area contributed by atoms with Gasteiger partial charge in [-0.1, -0.05) is 31.4 Å². The van der Waals surface area contributed by atoms with E-state index in [1.165, 1.54) is 11.9 Å². The molecule has 2 aromatic rings. The van der Waals surface area contributed by atoms with Crippen molar-refractivity contribution in [2.45, 2.75) is 69.8 Å². The van der Waals surface area contributed by atoms with E-state index in [2.05, 4.69) is 17.4 Å². The van der Waals surface area contributed by atoms with Gasteiger partial charge in [0.25, 0.3) is 5.91 Å². The van der Waals surface area contributed by atoms with Crippen molar-refractivity contribution >= 4 is 45.2 Å². The third-order valence-electron chi connectivity index (χ3n) is 6.42. The molecular formula is C29H41N3O5S2. The molecule has 0 aliphatic carbocycles. The lowest BCUT2D eigenvalue weighted by Gasteiger charge is -2.23. The van der Waals surface area contributed by atoms with Gasteiger partial charge in [0.15, 0.2) is 0 Å². The number of rotatable bonds is 12. The van der Waals surface area contributed by atoms with Crippen LogP contribution in [0.2, 0.25) is 0 Å². The molecule has 0 unspecified atom stereocenters. The standard InChI is InChI=1S/C29H41N3O5S2/c1-29(2,3)37-28(34)30-18-11-7-6-8-12-20-38-23-15-16-25-22(21-23)17-19-32(25)27(33)24-13-9-10-14-26(24)31(4)39(5,35)36/h9-10,13-16,21H,6-8,11-12,17-20H2,1-5H3,(H,30,34). The summed E-state index contributed by atoms with van der Waals surface area (Å²) in [5.41, 5.74) is 2.31. The van der Waals surface area contributed by atoms with E-state index in [-0.39, 0.29) is 12.0 Å². The lowest BCUT2D eigenvalue weighted by atomic mass is 10.1. The van der Waals surface area contributed by atoms with Crippen molar-refractivity contribution in [1.29, 1.82) is 0 Å². The van der Waals surface area contributed by atoms with Crippen molar-refractivity contribution in [2.24, 2.45) is 0 Å². The Morgan fingerprint density at radius 3 is 2.46 bits per heavy atom. The Balaban J connectivity index is 1.44. The Kier molecular flexibility index (Phi) is 10.7. The molecule has 39 heavy (non-hydrogen) atoms. The number of carbonyl (C=O) groups excluding carboxylic acids is 2. The minimum absolute atomic E-state index is 0.193. The molecule has 1 aliphatic rings. The van der Waals surface area contributed by atoms with Gasteiger partial charge in [0.2, 0.25) is 10.0 Å². The van der Waals surface area contributed by atoms with Crippen molar-refractivity contribution in [3.05, 3.63) is 53.6 Å². The van der Waals surface area contributed by atoms with E-state index in [4.69, 9.17) is 4.74 Å². The monoisotopic (exact) mass is 575 g/mol. The van der Waals surface area contributed by atoms with Gasteiger partial charge in [-0.2, -0.15) is 0 Å². The number of ether oxygens (including phenoxy) is 1. The summed E-state index contributed by atoms with van der Waals surface area (Å²) >= 11 is 1.83. The number of nitrogens with one attached hydrogen (secondary N) is 1. The second kappa shape index (κ2) is 13.6. The zero-order valence-electron chi connectivity index (χ0n) is 23.7. The predicted octanol–water partition coefficient (Wildman–Crippen LogP) is 5.85. The minimum atomic E-state index is -3.49. The second-order valence-corrected chi connectivity index (χ2v) is 14.0. The van der Waals surface area contributed by atoms with Crippen LogP contribution >= 0.6 is 11.8 Å². The van der Waals surface area contributed by atoms with Crippen LogP contribution in [0.5, 0.6) is 0 Å². The van der Waals surface area contributed by atoms with E-state index in [0.717, 1.165) is 66.1 Å². The molecule has 0 radical (unpaired) electrons. The van der Waals surface area contributed by atoms with E-state index in [0.29, 0.717) is 24.3 Å². The summed E-state index contributed by atoms with van der Waals surface area (Å²) in [4.78, 5) is 28.0. The number of fused-ring (bicyclic) bond motifs is 1. The Hall–Kier alpha value is -2.72. The first kappa shape index (κ1) is 30.8. The largest absolute Gasteiger partial charge is 0.444 e. The summed E-state index contributed by atoms with van der Waals surface area (Å²) in [6, 6.07) is 13.1. The molecule has 2 aromatic carbocycles. The fourth-order valence-corrected chi connectivity index (χ4v) is 5.87. The van der Waals surface area contributed by atoms with Crippen molar-refractivity contribution < 1.29 is 22.7 Å². The van der Waals surface area contributed by atoms with E-state index < -0.39 is 15.6 Å². The molecule has 1 heterocycles. The minimum Gasteiger partial charge on any atom is -0.444 e. The van der Waals surface area contributed by atoms with Crippen LogP contribution in [0.4, 0.5) is 16.2 Å². The topological polar surface area (TPSA) is 96.0 Å². The Morgan fingerprint density at radius 1 is 1.05 bits per heavy atom. The van der Waals surface area contributed by atoms with Crippen LogP contribution in [0.1, 0.15) is 68.8 Å². The third kappa shape index (κ3) is 9.17. The van der Waals surface area contributed by atoms with Crippen LogP contribution in [0.25, 0.3) is 0 Å². The fraction of sp³-hybridized carbons (Fsp3) is 0.517. The number of benzene rings is 2. The number of alkyl carbamates (subject to hydrolysis) is 1. The van der Waals surface area contributed by atoms with Crippen LogP contribution < -0.4 is 14.5 Å². The Morgan fingerprint density at radius 2 is 1.74 bits per heavy atom. The van der Waals surface area contributed by atoms with Gasteiger partial charge in [0, 0.05) is 30.7 Å². The Labute approximate surface area is 237 Å². The van der Waals surface area contributed by atoms with Crippen molar-refractivity contribution in [3.8, 4) is 0 Å². The lowest BCUT2D eigenvalue weighted by molar-refractivity contribution is 0.0526. The Bertz CT molecular complexity index is 1260. The number of hydrogen-bond acceptors (Lipinski definition) is 6. The number of anilines is 2. The zero-order chi connectivity index (χ0) is 28.6. The normalized spacial score (nSPS) is 13.2. The van der Waals surface area contributed by atoms with Crippen molar-refractivity contribution in [3.63, 3.8) is 0 Å². The van der Waals surface area contributed by atoms with Gasteiger partial charge in [0.05, 0.1) is 17.5 Å². The molecule has 214 valence electrons. The number of nitrogens with zero attached hydrogens (tertiary/aromatic N) is 2. The number of sulfonamides is 1. The van der Waals surface area contributed by atoms with Gasteiger partial charge in [-0.3, -0.25) is 9.10 Å². The first-order valence-electron chi connectivity index (χ1n) is 13.4. The highest BCUT2D eigenvalue weighted by molar-refractivity contribution is 7.99. The highest BCUT2D eigenvalue weighted by Gasteiger charge is 2.29. The van der Waals surface area contributed by atoms with Gasteiger partial charge in [0.1, 0.15) is 5.60 Å². The molecule has 0 spiro atoms. The maximum Gasteiger partial charge on any atom is 0.407 e. The van der Waals surface area contributed by atoms with Crippen LogP contribution in [0, 0.1) is 0 Å². The molecule has 0 bridgehead atoms. The molecule has 2 amide bonds. The van der Waals surface area contributed by atoms with Crippen LogP contribution in [-0.4, -0.2) is 58.2 Å². The molecule has 3 rings (SSSR count). The average molecular weight is 576 g/mol. The van der Waals surface area contributed by atoms with Crippen LogP contribution in [0.3, 0.4) is 0 Å². The van der Waals surface area contributed by atoms with Crippen molar-refractivity contribution in [2.75, 3.05) is 41.4 Å². The fourth-order valence-electron chi connectivity index (χ4n) is 4.38. The summed E-state index contributed by atoms with van der Waals surface area (Å²) in [5, 5.41) is 2.80. The molecule has 1 aliphatic heterocycles. The summed E-state index contributed by atoms with van der Waals surface area (Å²) in [6.07, 6.45) is 6.97.